The van der Waals surface area contributed by atoms with Crippen molar-refractivity contribution in [3.63, 3.8) is 0 Å². The third kappa shape index (κ3) is 4.87. The number of nitro groups is 1. The average molecular weight is 375 g/mol. The van der Waals surface area contributed by atoms with Crippen molar-refractivity contribution in [3.8, 4) is 5.75 Å². The highest BCUT2D eigenvalue weighted by molar-refractivity contribution is 5.77. The molecule has 27 heavy (non-hydrogen) atoms. The van der Waals surface area contributed by atoms with Crippen LogP contribution in [-0.4, -0.2) is 46.5 Å². The standard InChI is InChI=1S/C17H18FN5O4/c18-14-10-13(2-3-15(14)23(25)26)27-11-16(24)21-12-4-8-22(9-5-12)17-19-6-1-7-20-17/h1-3,6-7,10,12H,4-5,8-9,11H2,(H,21,24). The summed E-state index contributed by atoms with van der Waals surface area (Å²) in [5.74, 6) is -0.605. The maximum absolute atomic E-state index is 13.5. The van der Waals surface area contributed by atoms with Crippen LogP contribution in [0.4, 0.5) is 16.0 Å². The summed E-state index contributed by atoms with van der Waals surface area (Å²) >= 11 is 0. The number of amides is 1. The van der Waals surface area contributed by atoms with E-state index in [0.29, 0.717) is 5.95 Å². The molecule has 0 spiro atoms. The molecule has 0 saturated carbocycles. The minimum absolute atomic E-state index is 0.00894. The van der Waals surface area contributed by atoms with Gasteiger partial charge in [0.15, 0.2) is 6.61 Å². The lowest BCUT2D eigenvalue weighted by atomic mass is 10.1. The molecule has 0 unspecified atom stereocenters. The molecule has 2 heterocycles. The Morgan fingerprint density at radius 3 is 2.67 bits per heavy atom. The SMILES string of the molecule is O=C(COc1ccc([N+](=O)[O-])c(F)c1)NC1CCN(c2ncccn2)CC1. The van der Waals surface area contributed by atoms with Crippen LogP contribution in [0.15, 0.2) is 36.7 Å². The zero-order valence-electron chi connectivity index (χ0n) is 14.4. The number of carbonyl (C=O) groups excluding carboxylic acids is 1. The number of benzene rings is 1. The molecule has 142 valence electrons. The fraction of sp³-hybridized carbons (Fsp3) is 0.353. The summed E-state index contributed by atoms with van der Waals surface area (Å²) in [5.41, 5.74) is -0.638. The Morgan fingerprint density at radius 2 is 2.04 bits per heavy atom. The van der Waals surface area contributed by atoms with Gasteiger partial charge in [0, 0.05) is 43.7 Å². The van der Waals surface area contributed by atoms with Crippen LogP contribution in [0.3, 0.4) is 0 Å². The Labute approximate surface area is 154 Å². The summed E-state index contributed by atoms with van der Waals surface area (Å²) < 4.78 is 18.7. The first-order chi connectivity index (χ1) is 13.0. The van der Waals surface area contributed by atoms with Gasteiger partial charge in [-0.15, -0.1) is 0 Å². The zero-order chi connectivity index (χ0) is 19.2. The Morgan fingerprint density at radius 1 is 1.33 bits per heavy atom. The van der Waals surface area contributed by atoms with Crippen LogP contribution in [0.2, 0.25) is 0 Å². The molecule has 0 radical (unpaired) electrons. The predicted molar refractivity (Wildman–Crippen MR) is 94.0 cm³/mol. The van der Waals surface area contributed by atoms with E-state index in [-0.39, 0.29) is 24.3 Å². The van der Waals surface area contributed by atoms with E-state index in [1.165, 1.54) is 6.07 Å². The van der Waals surface area contributed by atoms with Gasteiger partial charge in [0.05, 0.1) is 4.92 Å². The molecule has 9 nitrogen and oxygen atoms in total. The summed E-state index contributed by atoms with van der Waals surface area (Å²) in [5, 5.41) is 13.5. The summed E-state index contributed by atoms with van der Waals surface area (Å²) in [6.45, 7) is 1.16. The van der Waals surface area contributed by atoms with Crippen LogP contribution in [-0.2, 0) is 4.79 Å². The second-order valence-corrected chi connectivity index (χ2v) is 6.04. The topological polar surface area (TPSA) is 110 Å². The van der Waals surface area contributed by atoms with Crippen LogP contribution < -0.4 is 15.0 Å². The van der Waals surface area contributed by atoms with Gasteiger partial charge in [-0.3, -0.25) is 14.9 Å². The summed E-state index contributed by atoms with van der Waals surface area (Å²) in [4.78, 5) is 32.3. The fourth-order valence-corrected chi connectivity index (χ4v) is 2.82. The number of aromatic nitrogens is 2. The quantitative estimate of drug-likeness (QED) is 0.604. The minimum Gasteiger partial charge on any atom is -0.484 e. The number of carbonyl (C=O) groups is 1. The zero-order valence-corrected chi connectivity index (χ0v) is 14.4. The monoisotopic (exact) mass is 375 g/mol. The minimum atomic E-state index is -1.01. The van der Waals surface area contributed by atoms with Crippen LogP contribution in [0.5, 0.6) is 5.75 Å². The lowest BCUT2D eigenvalue weighted by Gasteiger charge is -2.32. The fourth-order valence-electron chi connectivity index (χ4n) is 2.82. The van der Waals surface area contributed by atoms with Crippen molar-refractivity contribution in [2.75, 3.05) is 24.6 Å². The van der Waals surface area contributed by atoms with Crippen molar-refractivity contribution < 1.29 is 18.8 Å². The number of piperidine rings is 1. The number of rotatable bonds is 6. The second kappa shape index (κ2) is 8.39. The summed E-state index contributed by atoms with van der Waals surface area (Å²) in [6.07, 6.45) is 4.87. The number of anilines is 1. The highest BCUT2D eigenvalue weighted by Crippen LogP contribution is 2.22. The first kappa shape index (κ1) is 18.5. The van der Waals surface area contributed by atoms with Gasteiger partial charge in [-0.25, -0.2) is 9.97 Å². The van der Waals surface area contributed by atoms with Crippen LogP contribution >= 0.6 is 0 Å². The van der Waals surface area contributed by atoms with Gasteiger partial charge >= 0.3 is 5.69 Å². The Bertz CT molecular complexity index is 812. The Hall–Kier alpha value is -3.30. The van der Waals surface area contributed by atoms with E-state index in [2.05, 4.69) is 20.2 Å². The number of ether oxygens (including phenoxy) is 1. The normalized spacial score (nSPS) is 14.6. The van der Waals surface area contributed by atoms with Crippen molar-refractivity contribution >= 4 is 17.5 Å². The van der Waals surface area contributed by atoms with E-state index in [1.807, 2.05) is 0 Å². The van der Waals surface area contributed by atoms with Gasteiger partial charge in [0.2, 0.25) is 11.8 Å². The summed E-state index contributed by atoms with van der Waals surface area (Å²) in [6, 6.07) is 4.92. The van der Waals surface area contributed by atoms with Crippen molar-refractivity contribution in [3.05, 3.63) is 52.6 Å². The summed E-state index contributed by atoms with van der Waals surface area (Å²) in [7, 11) is 0. The van der Waals surface area contributed by atoms with Gasteiger partial charge in [-0.05, 0) is 25.0 Å². The highest BCUT2D eigenvalue weighted by Gasteiger charge is 2.22. The van der Waals surface area contributed by atoms with E-state index < -0.39 is 16.4 Å². The lowest BCUT2D eigenvalue weighted by molar-refractivity contribution is -0.387. The molecule has 1 aliphatic rings. The van der Waals surface area contributed by atoms with Gasteiger partial charge in [-0.1, -0.05) is 0 Å². The molecular formula is C17H18FN5O4. The van der Waals surface area contributed by atoms with E-state index in [0.717, 1.165) is 38.1 Å². The Kier molecular flexibility index (Phi) is 5.74. The number of nitro benzene ring substituents is 1. The largest absolute Gasteiger partial charge is 0.484 e. The van der Waals surface area contributed by atoms with Gasteiger partial charge < -0.3 is 15.0 Å². The van der Waals surface area contributed by atoms with Gasteiger partial charge in [-0.2, -0.15) is 4.39 Å². The molecule has 2 aromatic rings. The average Bonchev–Trinajstić information content (AvgIpc) is 2.67. The van der Waals surface area contributed by atoms with Crippen LogP contribution in [0.1, 0.15) is 12.8 Å². The highest BCUT2D eigenvalue weighted by atomic mass is 19.1. The third-order valence-electron chi connectivity index (χ3n) is 4.18. The third-order valence-corrected chi connectivity index (χ3v) is 4.18. The molecule has 1 saturated heterocycles. The Balaban J connectivity index is 1.44. The van der Waals surface area contributed by atoms with Crippen LogP contribution in [0, 0.1) is 15.9 Å². The van der Waals surface area contributed by atoms with E-state index in [1.54, 1.807) is 18.5 Å². The van der Waals surface area contributed by atoms with Crippen molar-refractivity contribution in [2.24, 2.45) is 0 Å². The van der Waals surface area contributed by atoms with Crippen molar-refractivity contribution in [2.45, 2.75) is 18.9 Å². The number of nitrogens with zero attached hydrogens (tertiary/aromatic N) is 4. The number of nitrogens with one attached hydrogen (secondary N) is 1. The lowest BCUT2D eigenvalue weighted by Crippen LogP contribution is -2.46. The maximum Gasteiger partial charge on any atom is 0.305 e. The van der Waals surface area contributed by atoms with E-state index >= 15 is 0 Å². The molecule has 1 aromatic carbocycles. The predicted octanol–water partition coefficient (Wildman–Crippen LogP) is 1.69. The molecule has 1 amide bonds. The van der Waals surface area contributed by atoms with Gasteiger partial charge in [0.25, 0.3) is 5.91 Å². The molecule has 0 atom stereocenters. The number of hydrogen-bond acceptors (Lipinski definition) is 7. The first-order valence-electron chi connectivity index (χ1n) is 8.41. The maximum atomic E-state index is 13.5. The van der Waals surface area contributed by atoms with Crippen molar-refractivity contribution in [1.82, 2.24) is 15.3 Å². The van der Waals surface area contributed by atoms with Gasteiger partial charge in [0.1, 0.15) is 5.75 Å². The van der Waals surface area contributed by atoms with Crippen molar-refractivity contribution in [1.29, 1.82) is 0 Å². The second-order valence-electron chi connectivity index (χ2n) is 6.04. The molecule has 1 fully saturated rings. The number of hydrogen-bond donors (Lipinski definition) is 1. The molecule has 3 rings (SSSR count). The molecule has 1 aliphatic heterocycles. The van der Waals surface area contributed by atoms with E-state index in [9.17, 15) is 19.3 Å². The van der Waals surface area contributed by atoms with E-state index in [4.69, 9.17) is 4.74 Å². The van der Waals surface area contributed by atoms with Crippen LogP contribution in [0.25, 0.3) is 0 Å². The smallest absolute Gasteiger partial charge is 0.305 e. The molecule has 0 bridgehead atoms. The first-order valence-corrected chi connectivity index (χ1v) is 8.41. The molecule has 10 heteroatoms. The molecular weight excluding hydrogens is 357 g/mol. The molecule has 0 aliphatic carbocycles. The number of halogens is 1. The molecule has 1 aromatic heterocycles. The molecule has 1 N–H and O–H groups in total.